The van der Waals surface area contributed by atoms with E-state index >= 15 is 0 Å². The number of rotatable bonds is 1. The number of hydrogen-bond acceptors (Lipinski definition) is 4. The van der Waals surface area contributed by atoms with Crippen LogP contribution in [0.25, 0.3) is 0 Å². The lowest BCUT2D eigenvalue weighted by atomic mass is 10.2. The van der Waals surface area contributed by atoms with E-state index in [1.54, 1.807) is 4.90 Å². The molecular formula is C11H15F3N4. The average Bonchev–Trinajstić information content (AvgIpc) is 2.32. The van der Waals surface area contributed by atoms with Gasteiger partial charge in [0.15, 0.2) is 0 Å². The van der Waals surface area contributed by atoms with Crippen molar-refractivity contribution in [2.45, 2.75) is 19.1 Å². The third-order valence-electron chi connectivity index (χ3n) is 3.18. The normalized spacial score (nSPS) is 22.3. The molecule has 2 heterocycles. The molecule has 0 aromatic carbocycles. The first-order chi connectivity index (χ1) is 8.38. The highest BCUT2D eigenvalue weighted by molar-refractivity contribution is 5.32. The largest absolute Gasteiger partial charge is 0.433 e. The van der Waals surface area contributed by atoms with Gasteiger partial charge < -0.3 is 9.80 Å². The Balaban J connectivity index is 2.19. The maximum absolute atomic E-state index is 12.6. The molecule has 0 unspecified atom stereocenters. The summed E-state index contributed by atoms with van der Waals surface area (Å²) in [6.45, 7) is 4.10. The van der Waals surface area contributed by atoms with Crippen molar-refractivity contribution < 1.29 is 13.2 Å². The second-order valence-electron chi connectivity index (χ2n) is 4.52. The van der Waals surface area contributed by atoms with Gasteiger partial charge >= 0.3 is 6.18 Å². The van der Waals surface area contributed by atoms with Crippen LogP contribution in [0, 0.1) is 0 Å². The Morgan fingerprint density at radius 2 is 2.06 bits per heavy atom. The Morgan fingerprint density at radius 3 is 2.67 bits per heavy atom. The highest BCUT2D eigenvalue weighted by atomic mass is 19.4. The summed E-state index contributed by atoms with van der Waals surface area (Å²) in [5.41, 5.74) is -0.890. The second-order valence-corrected chi connectivity index (χ2v) is 4.52. The fourth-order valence-electron chi connectivity index (χ4n) is 1.89. The molecule has 1 aromatic heterocycles. The number of nitrogens with zero attached hydrogens (tertiary/aromatic N) is 4. The van der Waals surface area contributed by atoms with Crippen LogP contribution in [0.1, 0.15) is 12.6 Å². The van der Waals surface area contributed by atoms with E-state index in [0.29, 0.717) is 13.1 Å². The Morgan fingerprint density at radius 1 is 1.33 bits per heavy atom. The SMILES string of the molecule is C[C@H]1CN(c2nccc(C(F)(F)F)n2)CCN1C. The van der Waals surface area contributed by atoms with Crippen molar-refractivity contribution in [3.8, 4) is 0 Å². The molecule has 0 radical (unpaired) electrons. The third kappa shape index (κ3) is 2.72. The summed E-state index contributed by atoms with van der Waals surface area (Å²) in [5, 5.41) is 0. The van der Waals surface area contributed by atoms with Gasteiger partial charge in [-0.2, -0.15) is 13.2 Å². The molecular weight excluding hydrogens is 245 g/mol. The van der Waals surface area contributed by atoms with Crippen molar-refractivity contribution in [2.24, 2.45) is 0 Å². The standard InChI is InChI=1S/C11H15F3N4/c1-8-7-18(6-5-17(8)2)10-15-4-3-9(16-10)11(12,13)14/h3-4,8H,5-7H2,1-2H3/t8-/m0/s1. The Bertz CT molecular complexity index is 421. The summed E-state index contributed by atoms with van der Waals surface area (Å²) >= 11 is 0. The topological polar surface area (TPSA) is 32.3 Å². The number of aromatic nitrogens is 2. The van der Waals surface area contributed by atoms with Crippen LogP contribution in [-0.4, -0.2) is 47.6 Å². The summed E-state index contributed by atoms with van der Waals surface area (Å²) in [5.74, 6) is 0.157. The fraction of sp³-hybridized carbons (Fsp3) is 0.636. The van der Waals surface area contributed by atoms with Gasteiger partial charge in [-0.25, -0.2) is 9.97 Å². The van der Waals surface area contributed by atoms with E-state index in [1.165, 1.54) is 0 Å². The van der Waals surface area contributed by atoms with Gasteiger partial charge in [-0.3, -0.25) is 0 Å². The maximum atomic E-state index is 12.6. The van der Waals surface area contributed by atoms with E-state index in [2.05, 4.69) is 14.9 Å². The molecule has 1 atom stereocenters. The van der Waals surface area contributed by atoms with Crippen molar-refractivity contribution in [1.29, 1.82) is 0 Å². The monoisotopic (exact) mass is 260 g/mol. The Labute approximate surface area is 103 Å². The minimum Gasteiger partial charge on any atom is -0.338 e. The molecule has 100 valence electrons. The molecule has 0 N–H and O–H groups in total. The zero-order valence-corrected chi connectivity index (χ0v) is 10.3. The predicted octanol–water partition coefficient (Wildman–Crippen LogP) is 1.64. The van der Waals surface area contributed by atoms with Gasteiger partial charge in [0.05, 0.1) is 0 Å². The number of anilines is 1. The van der Waals surface area contributed by atoms with Gasteiger partial charge in [-0.15, -0.1) is 0 Å². The van der Waals surface area contributed by atoms with Gasteiger partial charge in [0, 0.05) is 31.9 Å². The molecule has 0 aliphatic carbocycles. The Kier molecular flexibility index (Phi) is 3.43. The van der Waals surface area contributed by atoms with Crippen molar-refractivity contribution >= 4 is 5.95 Å². The summed E-state index contributed by atoms with van der Waals surface area (Å²) in [6, 6.07) is 1.17. The summed E-state index contributed by atoms with van der Waals surface area (Å²) < 4.78 is 37.7. The fourth-order valence-corrected chi connectivity index (χ4v) is 1.89. The van der Waals surface area contributed by atoms with Gasteiger partial charge in [-0.05, 0) is 20.0 Å². The number of likely N-dealkylation sites (N-methyl/N-ethyl adjacent to an activating group) is 1. The van der Waals surface area contributed by atoms with E-state index in [-0.39, 0.29) is 12.0 Å². The Hall–Kier alpha value is -1.37. The number of alkyl halides is 3. The van der Waals surface area contributed by atoms with Crippen LogP contribution in [0.15, 0.2) is 12.3 Å². The van der Waals surface area contributed by atoms with Crippen LogP contribution < -0.4 is 4.90 Å². The van der Waals surface area contributed by atoms with E-state index in [1.807, 2.05) is 14.0 Å². The maximum Gasteiger partial charge on any atom is 0.433 e. The molecule has 0 bridgehead atoms. The zero-order valence-electron chi connectivity index (χ0n) is 10.3. The smallest absolute Gasteiger partial charge is 0.338 e. The number of hydrogen-bond donors (Lipinski definition) is 0. The number of piperazine rings is 1. The number of halogens is 3. The van der Waals surface area contributed by atoms with E-state index < -0.39 is 11.9 Å². The minimum atomic E-state index is -4.42. The third-order valence-corrected chi connectivity index (χ3v) is 3.18. The highest BCUT2D eigenvalue weighted by Crippen LogP contribution is 2.28. The molecule has 7 heteroatoms. The molecule has 1 aliphatic rings. The van der Waals surface area contributed by atoms with Gasteiger partial charge in [0.2, 0.25) is 5.95 Å². The summed E-state index contributed by atoms with van der Waals surface area (Å²) in [6.07, 6.45) is -3.26. The molecule has 0 spiro atoms. The molecule has 0 saturated carbocycles. The lowest BCUT2D eigenvalue weighted by Gasteiger charge is -2.37. The lowest BCUT2D eigenvalue weighted by molar-refractivity contribution is -0.141. The molecule has 2 rings (SSSR count). The van der Waals surface area contributed by atoms with Gasteiger partial charge in [0.1, 0.15) is 5.69 Å². The first-order valence-corrected chi connectivity index (χ1v) is 5.73. The molecule has 18 heavy (non-hydrogen) atoms. The first kappa shape index (κ1) is 13.1. The molecule has 1 saturated heterocycles. The molecule has 1 aromatic rings. The minimum absolute atomic E-state index is 0.157. The lowest BCUT2D eigenvalue weighted by Crippen LogP contribution is -2.50. The molecule has 4 nitrogen and oxygen atoms in total. The van der Waals surface area contributed by atoms with Crippen LogP contribution >= 0.6 is 0 Å². The van der Waals surface area contributed by atoms with Gasteiger partial charge in [0.25, 0.3) is 0 Å². The van der Waals surface area contributed by atoms with Crippen LogP contribution in [0.4, 0.5) is 19.1 Å². The summed E-state index contributed by atoms with van der Waals surface area (Å²) in [7, 11) is 2.00. The average molecular weight is 260 g/mol. The van der Waals surface area contributed by atoms with Crippen molar-refractivity contribution in [3.05, 3.63) is 18.0 Å². The predicted molar refractivity (Wildman–Crippen MR) is 61.3 cm³/mol. The van der Waals surface area contributed by atoms with Crippen LogP contribution in [-0.2, 0) is 6.18 Å². The van der Waals surface area contributed by atoms with Crippen molar-refractivity contribution in [2.75, 3.05) is 31.6 Å². The van der Waals surface area contributed by atoms with Crippen LogP contribution in [0.2, 0.25) is 0 Å². The van der Waals surface area contributed by atoms with Gasteiger partial charge in [-0.1, -0.05) is 0 Å². The second kappa shape index (κ2) is 4.72. The van der Waals surface area contributed by atoms with E-state index in [9.17, 15) is 13.2 Å². The zero-order chi connectivity index (χ0) is 13.3. The van der Waals surface area contributed by atoms with Crippen molar-refractivity contribution in [3.63, 3.8) is 0 Å². The highest BCUT2D eigenvalue weighted by Gasteiger charge is 2.33. The molecule has 1 aliphatic heterocycles. The van der Waals surface area contributed by atoms with E-state index in [4.69, 9.17) is 0 Å². The molecule has 1 fully saturated rings. The van der Waals surface area contributed by atoms with Crippen LogP contribution in [0.3, 0.4) is 0 Å². The van der Waals surface area contributed by atoms with E-state index in [0.717, 1.165) is 18.8 Å². The summed E-state index contributed by atoms with van der Waals surface area (Å²) in [4.78, 5) is 11.5. The van der Waals surface area contributed by atoms with Crippen molar-refractivity contribution in [1.82, 2.24) is 14.9 Å². The quantitative estimate of drug-likeness (QED) is 0.768. The first-order valence-electron chi connectivity index (χ1n) is 5.73. The van der Waals surface area contributed by atoms with Crippen LogP contribution in [0.5, 0.6) is 0 Å². The molecule has 0 amide bonds.